The molecule has 2 N–H and O–H groups in total. The number of nitrogens with zero attached hydrogens (tertiary/aromatic N) is 2. The summed E-state index contributed by atoms with van der Waals surface area (Å²) in [5.74, 6) is 1.52. The van der Waals surface area contributed by atoms with Gasteiger partial charge in [0, 0.05) is 12.1 Å². The molecule has 2 aromatic rings. The van der Waals surface area contributed by atoms with Crippen LogP contribution in [0, 0.1) is 0 Å². The largest absolute Gasteiger partial charge is 0.485 e. The molecule has 0 bridgehead atoms. The number of hydrogen-bond acceptors (Lipinski definition) is 4. The Bertz CT molecular complexity index is 448. The second-order valence-corrected chi connectivity index (χ2v) is 3.39. The van der Waals surface area contributed by atoms with Crippen LogP contribution in [0.15, 0.2) is 29.1 Å². The van der Waals surface area contributed by atoms with E-state index in [0.29, 0.717) is 13.2 Å². The highest BCUT2D eigenvalue weighted by molar-refractivity contribution is 5.18. The molecule has 86 valence electrons. The van der Waals surface area contributed by atoms with Crippen molar-refractivity contribution in [1.82, 2.24) is 9.78 Å². The van der Waals surface area contributed by atoms with Crippen molar-refractivity contribution < 1.29 is 9.15 Å². The molecule has 2 rings (SSSR count). The molecule has 0 saturated carbocycles. The van der Waals surface area contributed by atoms with Crippen molar-refractivity contribution in [3.63, 3.8) is 0 Å². The summed E-state index contributed by atoms with van der Waals surface area (Å²) in [5.41, 5.74) is 6.50. The van der Waals surface area contributed by atoms with Gasteiger partial charge >= 0.3 is 0 Å². The van der Waals surface area contributed by atoms with E-state index in [1.165, 1.54) is 0 Å². The SMILES string of the molecule is CCn1cc(OCc2ccoc2CN)cn1. The van der Waals surface area contributed by atoms with Gasteiger partial charge in [-0.2, -0.15) is 5.10 Å². The van der Waals surface area contributed by atoms with Crippen molar-refractivity contribution in [2.45, 2.75) is 26.6 Å². The highest BCUT2D eigenvalue weighted by Gasteiger charge is 2.05. The molecule has 0 atom stereocenters. The van der Waals surface area contributed by atoms with E-state index in [0.717, 1.165) is 23.6 Å². The van der Waals surface area contributed by atoms with Crippen LogP contribution in [0.3, 0.4) is 0 Å². The minimum atomic E-state index is 0.389. The zero-order valence-corrected chi connectivity index (χ0v) is 9.22. The van der Waals surface area contributed by atoms with Crippen molar-refractivity contribution in [3.8, 4) is 5.75 Å². The van der Waals surface area contributed by atoms with E-state index >= 15 is 0 Å². The Morgan fingerprint density at radius 1 is 1.56 bits per heavy atom. The van der Waals surface area contributed by atoms with Crippen LogP contribution in [0.4, 0.5) is 0 Å². The number of ether oxygens (including phenoxy) is 1. The number of aryl methyl sites for hydroxylation is 1. The molecule has 0 radical (unpaired) electrons. The Hall–Kier alpha value is -1.75. The van der Waals surface area contributed by atoms with Crippen molar-refractivity contribution in [2.24, 2.45) is 5.73 Å². The van der Waals surface area contributed by atoms with E-state index in [4.69, 9.17) is 14.9 Å². The lowest BCUT2D eigenvalue weighted by atomic mass is 10.2. The van der Waals surface area contributed by atoms with Gasteiger partial charge < -0.3 is 14.9 Å². The van der Waals surface area contributed by atoms with E-state index < -0.39 is 0 Å². The van der Waals surface area contributed by atoms with Crippen LogP contribution in [0.25, 0.3) is 0 Å². The molecule has 0 aliphatic rings. The van der Waals surface area contributed by atoms with Crippen molar-refractivity contribution >= 4 is 0 Å². The van der Waals surface area contributed by atoms with Gasteiger partial charge in [-0.15, -0.1) is 0 Å². The first kappa shape index (κ1) is 10.8. The summed E-state index contributed by atoms with van der Waals surface area (Å²) >= 11 is 0. The average Bonchev–Trinajstić information content (AvgIpc) is 2.94. The lowest BCUT2D eigenvalue weighted by Crippen LogP contribution is -2.01. The van der Waals surface area contributed by atoms with Gasteiger partial charge in [-0.3, -0.25) is 4.68 Å². The summed E-state index contributed by atoms with van der Waals surface area (Å²) in [4.78, 5) is 0. The number of aromatic nitrogens is 2. The lowest BCUT2D eigenvalue weighted by molar-refractivity contribution is 0.301. The fourth-order valence-electron chi connectivity index (χ4n) is 1.43. The van der Waals surface area contributed by atoms with E-state index in [1.54, 1.807) is 12.5 Å². The van der Waals surface area contributed by atoms with Crippen LogP contribution in [0.1, 0.15) is 18.2 Å². The lowest BCUT2D eigenvalue weighted by Gasteiger charge is -2.02. The maximum atomic E-state index is 5.58. The molecule has 5 nitrogen and oxygen atoms in total. The molecule has 0 unspecified atom stereocenters. The fraction of sp³-hybridized carbons (Fsp3) is 0.364. The van der Waals surface area contributed by atoms with Gasteiger partial charge in [0.15, 0.2) is 5.75 Å². The van der Waals surface area contributed by atoms with Gasteiger partial charge in [0.2, 0.25) is 0 Å². The summed E-state index contributed by atoms with van der Waals surface area (Å²) in [6.07, 6.45) is 5.18. The molecule has 0 amide bonds. The van der Waals surface area contributed by atoms with Crippen LogP contribution in [-0.2, 0) is 19.7 Å². The minimum absolute atomic E-state index is 0.389. The van der Waals surface area contributed by atoms with Gasteiger partial charge in [-0.05, 0) is 13.0 Å². The third-order valence-corrected chi connectivity index (χ3v) is 2.35. The standard InChI is InChI=1S/C11H15N3O2/c1-2-14-7-10(6-13-14)16-8-9-3-4-15-11(9)5-12/h3-4,6-7H,2,5,8,12H2,1H3. The van der Waals surface area contributed by atoms with Crippen molar-refractivity contribution in [2.75, 3.05) is 0 Å². The maximum absolute atomic E-state index is 5.58. The molecule has 5 heteroatoms. The molecular weight excluding hydrogens is 206 g/mol. The summed E-state index contributed by atoms with van der Waals surface area (Å²) in [5, 5.41) is 4.12. The van der Waals surface area contributed by atoms with E-state index in [2.05, 4.69) is 5.10 Å². The quantitative estimate of drug-likeness (QED) is 0.831. The van der Waals surface area contributed by atoms with Crippen LogP contribution >= 0.6 is 0 Å². The van der Waals surface area contributed by atoms with Crippen LogP contribution < -0.4 is 10.5 Å². The molecule has 0 spiro atoms. The van der Waals surface area contributed by atoms with E-state index in [9.17, 15) is 0 Å². The predicted octanol–water partition coefficient (Wildman–Crippen LogP) is 1.53. The first-order chi connectivity index (χ1) is 7.83. The molecular formula is C11H15N3O2. The summed E-state index contributed by atoms with van der Waals surface area (Å²) in [7, 11) is 0. The normalized spacial score (nSPS) is 10.6. The highest BCUT2D eigenvalue weighted by Crippen LogP contribution is 2.14. The molecule has 0 aliphatic heterocycles. The topological polar surface area (TPSA) is 66.2 Å². The zero-order chi connectivity index (χ0) is 11.4. The van der Waals surface area contributed by atoms with Gasteiger partial charge in [0.05, 0.1) is 25.2 Å². The fourth-order valence-corrected chi connectivity index (χ4v) is 1.43. The minimum Gasteiger partial charge on any atom is -0.485 e. The van der Waals surface area contributed by atoms with Gasteiger partial charge in [-0.25, -0.2) is 0 Å². The zero-order valence-electron chi connectivity index (χ0n) is 9.22. The second-order valence-electron chi connectivity index (χ2n) is 3.39. The molecule has 0 aliphatic carbocycles. The number of furan rings is 1. The third-order valence-electron chi connectivity index (χ3n) is 2.35. The monoisotopic (exact) mass is 221 g/mol. The van der Waals surface area contributed by atoms with Gasteiger partial charge in [0.1, 0.15) is 12.4 Å². The summed E-state index contributed by atoms with van der Waals surface area (Å²) in [6.45, 7) is 3.71. The van der Waals surface area contributed by atoms with Crippen molar-refractivity contribution in [3.05, 3.63) is 36.0 Å². The average molecular weight is 221 g/mol. The van der Waals surface area contributed by atoms with Crippen LogP contribution in [0.2, 0.25) is 0 Å². The van der Waals surface area contributed by atoms with E-state index in [1.807, 2.05) is 23.9 Å². The molecule has 0 saturated heterocycles. The Labute approximate surface area is 93.8 Å². The maximum Gasteiger partial charge on any atom is 0.157 e. The smallest absolute Gasteiger partial charge is 0.157 e. The molecule has 0 fully saturated rings. The Balaban J connectivity index is 1.96. The number of nitrogens with two attached hydrogens (primary N) is 1. The first-order valence-electron chi connectivity index (χ1n) is 5.24. The van der Waals surface area contributed by atoms with Gasteiger partial charge in [-0.1, -0.05) is 0 Å². The Kier molecular flexibility index (Phi) is 3.26. The third kappa shape index (κ3) is 2.25. The van der Waals surface area contributed by atoms with E-state index in [-0.39, 0.29) is 0 Å². The van der Waals surface area contributed by atoms with Crippen LogP contribution in [-0.4, -0.2) is 9.78 Å². The molecule has 2 heterocycles. The Morgan fingerprint density at radius 2 is 2.44 bits per heavy atom. The molecule has 16 heavy (non-hydrogen) atoms. The second kappa shape index (κ2) is 4.85. The highest BCUT2D eigenvalue weighted by atomic mass is 16.5. The first-order valence-corrected chi connectivity index (χ1v) is 5.24. The van der Waals surface area contributed by atoms with Crippen molar-refractivity contribution in [1.29, 1.82) is 0 Å². The molecule has 2 aromatic heterocycles. The van der Waals surface area contributed by atoms with Crippen LogP contribution in [0.5, 0.6) is 5.75 Å². The summed E-state index contributed by atoms with van der Waals surface area (Å²) in [6, 6.07) is 1.87. The number of hydrogen-bond donors (Lipinski definition) is 1. The summed E-state index contributed by atoms with van der Waals surface area (Å²) < 4.78 is 12.6. The molecule has 0 aromatic carbocycles. The number of rotatable bonds is 5. The van der Waals surface area contributed by atoms with Gasteiger partial charge in [0.25, 0.3) is 0 Å². The predicted molar refractivity (Wildman–Crippen MR) is 58.8 cm³/mol. The Morgan fingerprint density at radius 3 is 3.12 bits per heavy atom.